The molecule has 1 N–H and O–H groups in total. The van der Waals surface area contributed by atoms with Crippen molar-refractivity contribution in [2.24, 2.45) is 0 Å². The number of carbonyl (C=O) groups excluding carboxylic acids is 1. The van der Waals surface area contributed by atoms with Gasteiger partial charge in [-0.1, -0.05) is 35.9 Å². The van der Waals surface area contributed by atoms with Gasteiger partial charge in [0.1, 0.15) is 6.54 Å². The van der Waals surface area contributed by atoms with E-state index in [0.717, 1.165) is 26.6 Å². The Bertz CT molecular complexity index is 1200. The third kappa shape index (κ3) is 5.09. The molecule has 0 aliphatic heterocycles. The topological polar surface area (TPSA) is 66.5 Å². The number of hydrogen-bond acceptors (Lipinski definition) is 3. The second-order valence-corrected chi connectivity index (χ2v) is 9.85. The first kappa shape index (κ1) is 22.8. The van der Waals surface area contributed by atoms with Crippen molar-refractivity contribution in [2.75, 3.05) is 16.2 Å². The van der Waals surface area contributed by atoms with Crippen molar-refractivity contribution >= 4 is 38.9 Å². The Morgan fingerprint density at radius 1 is 0.871 bits per heavy atom. The smallest absolute Gasteiger partial charge is 0.264 e. The highest BCUT2D eigenvalue weighted by Gasteiger charge is 2.27. The minimum absolute atomic E-state index is 0.0648. The van der Waals surface area contributed by atoms with Gasteiger partial charge in [0.05, 0.1) is 10.6 Å². The van der Waals surface area contributed by atoms with E-state index < -0.39 is 15.9 Å². The van der Waals surface area contributed by atoms with Crippen LogP contribution < -0.4 is 9.62 Å². The van der Waals surface area contributed by atoms with E-state index in [1.54, 1.807) is 12.1 Å². The lowest BCUT2D eigenvalue weighted by Gasteiger charge is -2.25. The van der Waals surface area contributed by atoms with Crippen LogP contribution in [0.5, 0.6) is 0 Å². The summed E-state index contributed by atoms with van der Waals surface area (Å²) < 4.78 is 28.1. The standard InChI is InChI=1S/C24H25ClN2O3S/c1-16-8-11-21(14-19(16)4)27(31(29,30)22-12-9-20(25)10-13-22)15-23(28)26-24-17(2)6-5-7-18(24)3/h5-14H,15H2,1-4H3,(H,26,28). The highest BCUT2D eigenvalue weighted by molar-refractivity contribution is 7.92. The molecule has 0 radical (unpaired) electrons. The monoisotopic (exact) mass is 456 g/mol. The zero-order chi connectivity index (χ0) is 22.8. The van der Waals surface area contributed by atoms with Crippen LogP contribution in [0.1, 0.15) is 22.3 Å². The van der Waals surface area contributed by atoms with Gasteiger partial charge in [0.15, 0.2) is 0 Å². The molecule has 0 bridgehead atoms. The molecule has 31 heavy (non-hydrogen) atoms. The fourth-order valence-electron chi connectivity index (χ4n) is 3.25. The number of anilines is 2. The van der Waals surface area contributed by atoms with E-state index in [0.29, 0.717) is 16.4 Å². The number of aryl methyl sites for hydroxylation is 4. The third-order valence-corrected chi connectivity index (χ3v) is 7.25. The first-order valence-electron chi connectivity index (χ1n) is 9.81. The van der Waals surface area contributed by atoms with Gasteiger partial charge in [-0.15, -0.1) is 0 Å². The number of hydrogen-bond donors (Lipinski definition) is 1. The van der Waals surface area contributed by atoms with Crippen LogP contribution in [0.2, 0.25) is 5.02 Å². The Morgan fingerprint density at radius 3 is 2.06 bits per heavy atom. The first-order valence-corrected chi connectivity index (χ1v) is 11.6. The quantitative estimate of drug-likeness (QED) is 0.539. The first-order chi connectivity index (χ1) is 14.6. The van der Waals surface area contributed by atoms with Gasteiger partial charge in [0.25, 0.3) is 10.0 Å². The van der Waals surface area contributed by atoms with E-state index in [9.17, 15) is 13.2 Å². The van der Waals surface area contributed by atoms with Gasteiger partial charge in [0, 0.05) is 10.7 Å². The summed E-state index contributed by atoms with van der Waals surface area (Å²) in [6.07, 6.45) is 0. The van der Waals surface area contributed by atoms with Crippen LogP contribution in [-0.4, -0.2) is 20.9 Å². The van der Waals surface area contributed by atoms with E-state index in [1.165, 1.54) is 24.3 Å². The molecule has 0 aliphatic carbocycles. The fourth-order valence-corrected chi connectivity index (χ4v) is 4.79. The van der Waals surface area contributed by atoms with Gasteiger partial charge in [-0.3, -0.25) is 9.10 Å². The summed E-state index contributed by atoms with van der Waals surface area (Å²) in [6, 6.07) is 16.9. The van der Waals surface area contributed by atoms with E-state index in [1.807, 2.05) is 52.0 Å². The maximum atomic E-state index is 13.5. The van der Waals surface area contributed by atoms with Crippen molar-refractivity contribution in [3.05, 3.63) is 87.9 Å². The summed E-state index contributed by atoms with van der Waals surface area (Å²) >= 11 is 5.93. The molecule has 5 nitrogen and oxygen atoms in total. The summed E-state index contributed by atoms with van der Waals surface area (Å²) in [5.41, 5.74) is 4.90. The Labute approximate surface area is 188 Å². The van der Waals surface area contributed by atoms with Crippen molar-refractivity contribution in [1.82, 2.24) is 0 Å². The summed E-state index contributed by atoms with van der Waals surface area (Å²) in [5.74, 6) is -0.423. The number of sulfonamides is 1. The predicted octanol–water partition coefficient (Wildman–Crippen LogP) is 5.41. The predicted molar refractivity (Wildman–Crippen MR) is 126 cm³/mol. The molecular weight excluding hydrogens is 432 g/mol. The van der Waals surface area contributed by atoms with Crippen molar-refractivity contribution in [1.29, 1.82) is 0 Å². The van der Waals surface area contributed by atoms with Crippen LogP contribution in [0.15, 0.2) is 65.6 Å². The highest BCUT2D eigenvalue weighted by atomic mass is 35.5. The SMILES string of the molecule is Cc1ccc(N(CC(=O)Nc2c(C)cccc2C)S(=O)(=O)c2ccc(Cl)cc2)cc1C. The molecule has 3 rings (SSSR count). The number of rotatable bonds is 6. The average molecular weight is 457 g/mol. The summed E-state index contributed by atoms with van der Waals surface area (Å²) in [4.78, 5) is 13.0. The molecule has 3 aromatic carbocycles. The second-order valence-electron chi connectivity index (χ2n) is 7.55. The molecule has 0 atom stereocenters. The molecule has 0 spiro atoms. The minimum atomic E-state index is -3.99. The van der Waals surface area contributed by atoms with E-state index in [-0.39, 0.29) is 11.4 Å². The summed E-state index contributed by atoms with van der Waals surface area (Å²) in [7, 11) is -3.99. The molecule has 3 aromatic rings. The Balaban J connectivity index is 2.00. The number of nitrogens with one attached hydrogen (secondary N) is 1. The van der Waals surface area contributed by atoms with Gasteiger partial charge < -0.3 is 5.32 Å². The summed E-state index contributed by atoms with van der Waals surface area (Å²) in [6.45, 7) is 7.29. The molecule has 0 saturated carbocycles. The molecular formula is C24H25ClN2O3S. The van der Waals surface area contributed by atoms with Crippen LogP contribution in [0.25, 0.3) is 0 Å². The molecule has 0 saturated heterocycles. The van der Waals surface area contributed by atoms with Crippen LogP contribution >= 0.6 is 11.6 Å². The van der Waals surface area contributed by atoms with Crippen LogP contribution in [0.4, 0.5) is 11.4 Å². The number of nitrogens with zero attached hydrogens (tertiary/aromatic N) is 1. The fraction of sp³-hybridized carbons (Fsp3) is 0.208. The minimum Gasteiger partial charge on any atom is -0.324 e. The number of halogens is 1. The molecule has 0 aromatic heterocycles. The zero-order valence-electron chi connectivity index (χ0n) is 17.9. The van der Waals surface area contributed by atoms with E-state index in [2.05, 4.69) is 5.32 Å². The molecule has 162 valence electrons. The average Bonchev–Trinajstić information content (AvgIpc) is 2.71. The molecule has 0 fully saturated rings. The molecule has 7 heteroatoms. The number of carbonyl (C=O) groups is 1. The zero-order valence-corrected chi connectivity index (χ0v) is 19.5. The Kier molecular flexibility index (Phi) is 6.72. The Hall–Kier alpha value is -2.83. The van der Waals surface area contributed by atoms with Crippen molar-refractivity contribution in [3.63, 3.8) is 0 Å². The lowest BCUT2D eigenvalue weighted by molar-refractivity contribution is -0.114. The molecule has 1 amide bonds. The van der Waals surface area contributed by atoms with Crippen LogP contribution in [-0.2, 0) is 14.8 Å². The van der Waals surface area contributed by atoms with Crippen LogP contribution in [0, 0.1) is 27.7 Å². The second kappa shape index (κ2) is 9.12. The number of para-hydroxylation sites is 1. The normalized spacial score (nSPS) is 11.3. The van der Waals surface area contributed by atoms with Gasteiger partial charge in [0.2, 0.25) is 5.91 Å². The van der Waals surface area contributed by atoms with Crippen molar-refractivity contribution in [3.8, 4) is 0 Å². The summed E-state index contributed by atoms with van der Waals surface area (Å²) in [5, 5.41) is 3.31. The van der Waals surface area contributed by atoms with E-state index in [4.69, 9.17) is 11.6 Å². The lowest BCUT2D eigenvalue weighted by Crippen LogP contribution is -2.38. The Morgan fingerprint density at radius 2 is 1.48 bits per heavy atom. The number of benzene rings is 3. The van der Waals surface area contributed by atoms with Gasteiger partial charge in [-0.2, -0.15) is 0 Å². The third-order valence-electron chi connectivity index (χ3n) is 5.21. The van der Waals surface area contributed by atoms with E-state index >= 15 is 0 Å². The van der Waals surface area contributed by atoms with Crippen LogP contribution in [0.3, 0.4) is 0 Å². The lowest BCUT2D eigenvalue weighted by atomic mass is 10.1. The molecule has 0 aliphatic rings. The number of amides is 1. The van der Waals surface area contributed by atoms with Gasteiger partial charge in [-0.25, -0.2) is 8.42 Å². The van der Waals surface area contributed by atoms with Crippen molar-refractivity contribution in [2.45, 2.75) is 32.6 Å². The molecule has 0 heterocycles. The largest absolute Gasteiger partial charge is 0.324 e. The maximum absolute atomic E-state index is 13.5. The maximum Gasteiger partial charge on any atom is 0.264 e. The van der Waals surface area contributed by atoms with Gasteiger partial charge in [-0.05, 0) is 86.3 Å². The molecule has 0 unspecified atom stereocenters. The van der Waals surface area contributed by atoms with Gasteiger partial charge >= 0.3 is 0 Å². The highest BCUT2D eigenvalue weighted by Crippen LogP contribution is 2.27. The van der Waals surface area contributed by atoms with Crippen molar-refractivity contribution < 1.29 is 13.2 Å².